The van der Waals surface area contributed by atoms with Crippen LogP contribution in [-0.2, 0) is 0 Å². The lowest BCUT2D eigenvalue weighted by Gasteiger charge is -2.22. The highest BCUT2D eigenvalue weighted by Crippen LogP contribution is 2.51. The molecule has 7 heteroatoms. The second kappa shape index (κ2) is 2.76. The normalized spacial score (nSPS) is 29.5. The molecule has 78 valence electrons. The van der Waals surface area contributed by atoms with Gasteiger partial charge in [0.15, 0.2) is 5.92 Å². The molecule has 0 aromatic rings. The molecule has 1 aliphatic carbocycles. The van der Waals surface area contributed by atoms with Gasteiger partial charge in [-0.2, -0.15) is 26.3 Å². The molecule has 0 unspecified atom stereocenters. The van der Waals surface area contributed by atoms with Crippen LogP contribution in [0.25, 0.3) is 0 Å². The zero-order chi connectivity index (χ0) is 10.4. The Hall–Kier alpha value is -0.460. The van der Waals surface area contributed by atoms with E-state index in [0.29, 0.717) is 0 Å². The molecule has 0 aromatic heterocycles. The van der Waals surface area contributed by atoms with Gasteiger partial charge in [-0.15, -0.1) is 0 Å². The average molecular weight is 207 g/mol. The minimum Gasteiger partial charge on any atom is -0.327 e. The molecule has 0 spiro atoms. The summed E-state index contributed by atoms with van der Waals surface area (Å²) in [7, 11) is 0. The van der Waals surface area contributed by atoms with E-state index in [2.05, 4.69) is 0 Å². The molecule has 0 aromatic carbocycles. The number of hydrogen-bond acceptors (Lipinski definition) is 1. The molecule has 2 atom stereocenters. The van der Waals surface area contributed by atoms with Crippen LogP contribution < -0.4 is 5.73 Å². The Kier molecular flexibility index (Phi) is 2.26. The Bertz CT molecular complexity index is 180. The Morgan fingerprint density at radius 2 is 1.31 bits per heavy atom. The molecule has 1 fully saturated rings. The Morgan fingerprint density at radius 3 is 1.38 bits per heavy atom. The van der Waals surface area contributed by atoms with Crippen molar-refractivity contribution in [1.29, 1.82) is 0 Å². The SMILES string of the molecule is N[C@@H]1C[C@H]1C(C(F)(F)F)C(F)(F)F. The molecule has 13 heavy (non-hydrogen) atoms. The number of alkyl halides is 6. The van der Waals surface area contributed by atoms with Crippen molar-refractivity contribution in [3.8, 4) is 0 Å². The Balaban J connectivity index is 2.78. The highest BCUT2D eigenvalue weighted by atomic mass is 19.4. The summed E-state index contributed by atoms with van der Waals surface area (Å²) < 4.78 is 71.4. The van der Waals surface area contributed by atoms with Gasteiger partial charge in [0.1, 0.15) is 0 Å². The molecule has 1 nitrogen and oxygen atoms in total. The highest BCUT2D eigenvalue weighted by Gasteiger charge is 2.65. The fourth-order valence-corrected chi connectivity index (χ4v) is 1.29. The van der Waals surface area contributed by atoms with Gasteiger partial charge in [0, 0.05) is 6.04 Å². The van der Waals surface area contributed by atoms with E-state index in [-0.39, 0.29) is 6.42 Å². The molecule has 0 radical (unpaired) electrons. The van der Waals surface area contributed by atoms with Crippen molar-refractivity contribution >= 4 is 0 Å². The van der Waals surface area contributed by atoms with Crippen LogP contribution in [0.2, 0.25) is 0 Å². The summed E-state index contributed by atoms with van der Waals surface area (Å²) in [5.74, 6) is -4.74. The molecule has 0 aliphatic heterocycles. The van der Waals surface area contributed by atoms with Crippen LogP contribution in [0, 0.1) is 11.8 Å². The van der Waals surface area contributed by atoms with E-state index in [1.807, 2.05) is 0 Å². The van der Waals surface area contributed by atoms with Gasteiger partial charge in [0.05, 0.1) is 0 Å². The highest BCUT2D eigenvalue weighted by molar-refractivity contribution is 4.99. The summed E-state index contributed by atoms with van der Waals surface area (Å²) in [6.07, 6.45) is -10.7. The number of rotatable bonds is 1. The third-order valence-electron chi connectivity index (χ3n) is 2.02. The van der Waals surface area contributed by atoms with E-state index in [0.717, 1.165) is 0 Å². The largest absolute Gasteiger partial charge is 0.400 e. The first-order valence-corrected chi connectivity index (χ1v) is 3.53. The lowest BCUT2D eigenvalue weighted by Crippen LogP contribution is -2.39. The van der Waals surface area contributed by atoms with Gasteiger partial charge in [0.2, 0.25) is 0 Å². The van der Waals surface area contributed by atoms with Gasteiger partial charge >= 0.3 is 12.4 Å². The number of nitrogens with two attached hydrogens (primary N) is 1. The van der Waals surface area contributed by atoms with Gasteiger partial charge in [0.25, 0.3) is 0 Å². The molecule has 0 amide bonds. The first-order chi connectivity index (χ1) is 5.64. The predicted molar refractivity (Wildman–Crippen MR) is 31.7 cm³/mol. The zero-order valence-electron chi connectivity index (χ0n) is 6.28. The second-order valence-corrected chi connectivity index (χ2v) is 3.12. The third-order valence-corrected chi connectivity index (χ3v) is 2.02. The van der Waals surface area contributed by atoms with E-state index >= 15 is 0 Å². The van der Waals surface area contributed by atoms with E-state index in [1.165, 1.54) is 0 Å². The molecule has 1 aliphatic rings. The maximum Gasteiger partial charge on any atom is 0.400 e. The van der Waals surface area contributed by atoms with Crippen molar-refractivity contribution < 1.29 is 26.3 Å². The molecule has 0 heterocycles. The summed E-state index contributed by atoms with van der Waals surface area (Å²) in [6, 6.07) is -0.965. The molecule has 0 saturated heterocycles. The van der Waals surface area contributed by atoms with Gasteiger partial charge in [-0.1, -0.05) is 0 Å². The van der Waals surface area contributed by atoms with Crippen molar-refractivity contribution in [2.75, 3.05) is 0 Å². The molecule has 2 N–H and O–H groups in total. The van der Waals surface area contributed by atoms with E-state index < -0.39 is 30.2 Å². The van der Waals surface area contributed by atoms with Gasteiger partial charge in [-0.25, -0.2) is 0 Å². The van der Waals surface area contributed by atoms with E-state index in [4.69, 9.17) is 5.73 Å². The van der Waals surface area contributed by atoms with Crippen LogP contribution >= 0.6 is 0 Å². The Morgan fingerprint density at radius 1 is 1.00 bits per heavy atom. The fraction of sp³-hybridized carbons (Fsp3) is 1.00. The lowest BCUT2D eigenvalue weighted by molar-refractivity contribution is -0.290. The van der Waals surface area contributed by atoms with Gasteiger partial charge in [-0.3, -0.25) is 0 Å². The first kappa shape index (κ1) is 10.6. The maximum absolute atomic E-state index is 11.9. The van der Waals surface area contributed by atoms with Crippen LogP contribution in [-0.4, -0.2) is 18.4 Å². The predicted octanol–water partition coefficient (Wildman–Crippen LogP) is 2.07. The standard InChI is InChI=1S/C6H7F6N/c7-5(8,9)4(6(10,11)12)2-1-3(2)13/h2-4H,1,13H2/t2-,3-/m1/s1. The third kappa shape index (κ3) is 2.26. The molecule has 0 bridgehead atoms. The summed E-state index contributed by atoms with van der Waals surface area (Å²) in [5, 5.41) is 0. The van der Waals surface area contributed by atoms with Crippen LogP contribution in [0.1, 0.15) is 6.42 Å². The minimum atomic E-state index is -5.24. The molecular formula is C6H7F6N. The van der Waals surface area contributed by atoms with Crippen molar-refractivity contribution in [3.63, 3.8) is 0 Å². The summed E-state index contributed by atoms with van der Waals surface area (Å²) in [6.45, 7) is 0. The minimum absolute atomic E-state index is 0.205. The van der Waals surface area contributed by atoms with Crippen LogP contribution in [0.3, 0.4) is 0 Å². The lowest BCUT2D eigenvalue weighted by atomic mass is 10.0. The van der Waals surface area contributed by atoms with Crippen molar-refractivity contribution in [2.24, 2.45) is 17.6 Å². The quantitative estimate of drug-likeness (QED) is 0.654. The van der Waals surface area contributed by atoms with Gasteiger partial charge < -0.3 is 5.73 Å². The summed E-state index contributed by atoms with van der Waals surface area (Å²) >= 11 is 0. The molecule has 1 saturated carbocycles. The molecule has 1 rings (SSSR count). The summed E-state index contributed by atoms with van der Waals surface area (Å²) in [5.41, 5.74) is 4.96. The number of halogens is 6. The maximum atomic E-state index is 11.9. The molecular weight excluding hydrogens is 200 g/mol. The fourth-order valence-electron chi connectivity index (χ4n) is 1.29. The zero-order valence-corrected chi connectivity index (χ0v) is 6.28. The average Bonchev–Trinajstić information content (AvgIpc) is 2.37. The monoisotopic (exact) mass is 207 g/mol. The van der Waals surface area contributed by atoms with Crippen molar-refractivity contribution in [2.45, 2.75) is 24.8 Å². The second-order valence-electron chi connectivity index (χ2n) is 3.12. The Labute approximate surface area is 69.9 Å². The van der Waals surface area contributed by atoms with Crippen molar-refractivity contribution in [3.05, 3.63) is 0 Å². The van der Waals surface area contributed by atoms with Crippen LogP contribution in [0.5, 0.6) is 0 Å². The topological polar surface area (TPSA) is 26.0 Å². The van der Waals surface area contributed by atoms with E-state index in [1.54, 1.807) is 0 Å². The van der Waals surface area contributed by atoms with Crippen molar-refractivity contribution in [1.82, 2.24) is 0 Å². The summed E-state index contributed by atoms with van der Waals surface area (Å²) in [4.78, 5) is 0. The smallest absolute Gasteiger partial charge is 0.327 e. The van der Waals surface area contributed by atoms with Crippen LogP contribution in [0.4, 0.5) is 26.3 Å². The van der Waals surface area contributed by atoms with E-state index in [9.17, 15) is 26.3 Å². The number of hydrogen-bond donors (Lipinski definition) is 1. The first-order valence-electron chi connectivity index (χ1n) is 3.53. The van der Waals surface area contributed by atoms with Gasteiger partial charge in [-0.05, 0) is 12.3 Å². The van der Waals surface area contributed by atoms with Crippen LogP contribution in [0.15, 0.2) is 0 Å².